The number of rotatable bonds is 6. The summed E-state index contributed by atoms with van der Waals surface area (Å²) in [5.74, 6) is -1.04. The van der Waals surface area contributed by atoms with Crippen molar-refractivity contribution in [1.29, 1.82) is 0 Å². The predicted molar refractivity (Wildman–Crippen MR) is 125 cm³/mol. The van der Waals surface area contributed by atoms with Crippen molar-refractivity contribution in [2.24, 2.45) is 5.73 Å². The molecule has 0 atom stereocenters. The number of halogens is 2. The Labute approximate surface area is 192 Å². The van der Waals surface area contributed by atoms with Crippen LogP contribution >= 0.6 is 23.2 Å². The van der Waals surface area contributed by atoms with E-state index in [0.29, 0.717) is 48.5 Å². The number of aliphatic hydroxyl groups excluding tert-OH is 2. The third kappa shape index (κ3) is 4.03. The Hall–Kier alpha value is -3.10. The monoisotopic (exact) mass is 471 g/mol. The molecule has 1 heterocycles. The highest BCUT2D eigenvalue weighted by molar-refractivity contribution is 6.42. The van der Waals surface area contributed by atoms with Gasteiger partial charge in [0.25, 0.3) is 11.8 Å². The van der Waals surface area contributed by atoms with Crippen LogP contribution in [0.5, 0.6) is 0 Å². The molecule has 0 aliphatic heterocycles. The quantitative estimate of drug-likeness (QED) is 0.294. The van der Waals surface area contributed by atoms with E-state index in [9.17, 15) is 19.8 Å². The molecule has 0 bridgehead atoms. The number of aromatic amines is 1. The van der Waals surface area contributed by atoms with Gasteiger partial charge in [-0.2, -0.15) is 0 Å². The summed E-state index contributed by atoms with van der Waals surface area (Å²) >= 11 is 12.2. The number of aromatic nitrogens is 1. The standard InChI is InChI=1S/C23H19Cl2N3O4/c24-18-3-1-11(8-19(18)25)13-6-16-15-5-12(23(32)27-14(9-29)10-30)2-4-20(15)28-21(16)17(7-13)22(26)31/h1-8,14,28-30H,9-10H2,(H2,26,31)(H,27,32). The van der Waals surface area contributed by atoms with Crippen molar-refractivity contribution in [1.82, 2.24) is 10.3 Å². The van der Waals surface area contributed by atoms with Gasteiger partial charge in [0.2, 0.25) is 0 Å². The summed E-state index contributed by atoms with van der Waals surface area (Å²) < 4.78 is 0. The van der Waals surface area contributed by atoms with E-state index in [2.05, 4.69) is 10.3 Å². The molecular weight excluding hydrogens is 453 g/mol. The maximum atomic E-state index is 12.6. The Morgan fingerprint density at radius 1 is 0.938 bits per heavy atom. The summed E-state index contributed by atoms with van der Waals surface area (Å²) in [6.45, 7) is -0.765. The minimum atomic E-state index is -0.760. The van der Waals surface area contributed by atoms with Gasteiger partial charge >= 0.3 is 0 Å². The largest absolute Gasteiger partial charge is 0.394 e. The van der Waals surface area contributed by atoms with Crippen molar-refractivity contribution < 1.29 is 19.8 Å². The number of nitrogens with one attached hydrogen (secondary N) is 2. The van der Waals surface area contributed by atoms with Gasteiger partial charge in [-0.15, -0.1) is 0 Å². The van der Waals surface area contributed by atoms with E-state index >= 15 is 0 Å². The van der Waals surface area contributed by atoms with Gasteiger partial charge in [-0.25, -0.2) is 0 Å². The van der Waals surface area contributed by atoms with Crippen molar-refractivity contribution >= 4 is 56.8 Å². The van der Waals surface area contributed by atoms with Crippen molar-refractivity contribution in [3.8, 4) is 11.1 Å². The molecule has 0 spiro atoms. The SMILES string of the molecule is NC(=O)c1cc(-c2ccc(Cl)c(Cl)c2)cc2c1[nH]c1ccc(C(=O)NC(CO)CO)cc12. The number of amides is 2. The zero-order chi connectivity index (χ0) is 23.0. The highest BCUT2D eigenvalue weighted by Gasteiger charge is 2.18. The molecule has 0 saturated carbocycles. The van der Waals surface area contributed by atoms with Crippen LogP contribution in [0.2, 0.25) is 10.0 Å². The van der Waals surface area contributed by atoms with Crippen LogP contribution in [0, 0.1) is 0 Å². The predicted octanol–water partition coefficient (Wildman–Crippen LogP) is 3.48. The summed E-state index contributed by atoms with van der Waals surface area (Å²) in [6.07, 6.45) is 0. The minimum Gasteiger partial charge on any atom is -0.394 e. The molecular formula is C23H19Cl2N3O4. The third-order valence-electron chi connectivity index (χ3n) is 5.26. The second-order valence-electron chi connectivity index (χ2n) is 7.36. The van der Waals surface area contributed by atoms with Gasteiger partial charge in [0.05, 0.1) is 40.4 Å². The molecule has 0 saturated heterocycles. The Balaban J connectivity index is 1.90. The highest BCUT2D eigenvalue weighted by Crippen LogP contribution is 2.35. The lowest BCUT2D eigenvalue weighted by molar-refractivity contribution is 0.0879. The summed E-state index contributed by atoms with van der Waals surface area (Å²) in [7, 11) is 0. The Morgan fingerprint density at radius 3 is 2.34 bits per heavy atom. The first kappa shape index (κ1) is 22.1. The van der Waals surface area contributed by atoms with Gasteiger partial charge in [-0.1, -0.05) is 29.3 Å². The molecule has 2 amide bonds. The van der Waals surface area contributed by atoms with Gasteiger partial charge in [0.1, 0.15) is 0 Å². The second kappa shape index (κ2) is 8.80. The van der Waals surface area contributed by atoms with Gasteiger partial charge < -0.3 is 26.2 Å². The molecule has 4 aromatic rings. The number of nitrogens with two attached hydrogens (primary N) is 1. The zero-order valence-electron chi connectivity index (χ0n) is 16.7. The number of primary amides is 1. The summed E-state index contributed by atoms with van der Waals surface area (Å²) in [5, 5.41) is 23.2. The Kier molecular flexibility index (Phi) is 6.08. The van der Waals surface area contributed by atoms with E-state index < -0.39 is 17.9 Å². The van der Waals surface area contributed by atoms with Crippen molar-refractivity contribution in [3.63, 3.8) is 0 Å². The van der Waals surface area contributed by atoms with Gasteiger partial charge in [-0.3, -0.25) is 9.59 Å². The van der Waals surface area contributed by atoms with Crippen LogP contribution in [0.4, 0.5) is 0 Å². The molecule has 32 heavy (non-hydrogen) atoms. The Morgan fingerprint density at radius 2 is 1.69 bits per heavy atom. The van der Waals surface area contributed by atoms with Gasteiger partial charge in [0, 0.05) is 21.9 Å². The fourth-order valence-electron chi connectivity index (χ4n) is 3.60. The van der Waals surface area contributed by atoms with Gasteiger partial charge in [-0.05, 0) is 53.6 Å². The zero-order valence-corrected chi connectivity index (χ0v) is 18.2. The van der Waals surface area contributed by atoms with Crippen LogP contribution in [-0.4, -0.2) is 46.3 Å². The van der Waals surface area contributed by atoms with Crippen LogP contribution in [0.25, 0.3) is 32.9 Å². The molecule has 164 valence electrons. The van der Waals surface area contributed by atoms with E-state index in [-0.39, 0.29) is 13.2 Å². The average Bonchev–Trinajstić information content (AvgIpc) is 3.16. The Bertz CT molecular complexity index is 1360. The molecule has 9 heteroatoms. The van der Waals surface area contributed by atoms with E-state index in [1.807, 2.05) is 6.07 Å². The van der Waals surface area contributed by atoms with Gasteiger partial charge in [0.15, 0.2) is 0 Å². The number of benzene rings is 3. The molecule has 0 fully saturated rings. The van der Waals surface area contributed by atoms with Crippen molar-refractivity contribution in [2.75, 3.05) is 13.2 Å². The molecule has 3 aromatic carbocycles. The lowest BCUT2D eigenvalue weighted by atomic mass is 9.98. The topological polar surface area (TPSA) is 128 Å². The summed E-state index contributed by atoms with van der Waals surface area (Å²) in [5.41, 5.74) is 9.01. The van der Waals surface area contributed by atoms with E-state index in [1.54, 1.807) is 42.5 Å². The maximum Gasteiger partial charge on any atom is 0.251 e. The second-order valence-corrected chi connectivity index (χ2v) is 8.17. The first-order valence-electron chi connectivity index (χ1n) is 9.69. The lowest BCUT2D eigenvalue weighted by Gasteiger charge is -2.13. The van der Waals surface area contributed by atoms with E-state index in [1.165, 1.54) is 0 Å². The number of carbonyl (C=O) groups excluding carboxylic acids is 2. The van der Waals surface area contributed by atoms with E-state index in [4.69, 9.17) is 28.9 Å². The fraction of sp³-hybridized carbons (Fsp3) is 0.130. The van der Waals surface area contributed by atoms with Crippen LogP contribution in [0.15, 0.2) is 48.5 Å². The molecule has 0 radical (unpaired) electrons. The lowest BCUT2D eigenvalue weighted by Crippen LogP contribution is -2.40. The molecule has 0 aliphatic rings. The molecule has 0 unspecified atom stereocenters. The number of aliphatic hydroxyl groups is 2. The normalized spacial score (nSPS) is 11.4. The molecule has 6 N–H and O–H groups in total. The third-order valence-corrected chi connectivity index (χ3v) is 6.00. The fourth-order valence-corrected chi connectivity index (χ4v) is 3.89. The molecule has 0 aliphatic carbocycles. The smallest absolute Gasteiger partial charge is 0.251 e. The first-order chi connectivity index (χ1) is 15.3. The average molecular weight is 472 g/mol. The van der Waals surface area contributed by atoms with Crippen molar-refractivity contribution in [2.45, 2.75) is 6.04 Å². The molecule has 7 nitrogen and oxygen atoms in total. The van der Waals surface area contributed by atoms with Crippen LogP contribution in [0.1, 0.15) is 20.7 Å². The highest BCUT2D eigenvalue weighted by atomic mass is 35.5. The number of fused-ring (bicyclic) bond motifs is 3. The minimum absolute atomic E-state index is 0.298. The first-order valence-corrected chi connectivity index (χ1v) is 10.4. The summed E-state index contributed by atoms with van der Waals surface area (Å²) in [4.78, 5) is 28.0. The number of hydrogen-bond donors (Lipinski definition) is 5. The molecule has 1 aromatic heterocycles. The summed E-state index contributed by atoms with van der Waals surface area (Å²) in [6, 6.07) is 13.0. The van der Waals surface area contributed by atoms with Crippen LogP contribution in [-0.2, 0) is 0 Å². The number of H-pyrrole nitrogens is 1. The number of hydrogen-bond acceptors (Lipinski definition) is 4. The van der Waals surface area contributed by atoms with Crippen LogP contribution < -0.4 is 11.1 Å². The van der Waals surface area contributed by atoms with E-state index in [0.717, 1.165) is 5.56 Å². The number of carbonyl (C=O) groups is 2. The molecule has 4 rings (SSSR count). The van der Waals surface area contributed by atoms with Crippen LogP contribution in [0.3, 0.4) is 0 Å². The maximum absolute atomic E-state index is 12.6. The van der Waals surface area contributed by atoms with Crippen molar-refractivity contribution in [3.05, 3.63) is 69.7 Å².